The highest BCUT2D eigenvalue weighted by molar-refractivity contribution is 9.10. The van der Waals surface area contributed by atoms with E-state index in [1.165, 1.54) is 0 Å². The lowest BCUT2D eigenvalue weighted by molar-refractivity contribution is 0.0696. The third-order valence-corrected chi connectivity index (χ3v) is 5.39. The van der Waals surface area contributed by atoms with Crippen LogP contribution in [0.25, 0.3) is 0 Å². The largest absolute Gasteiger partial charge is 0.478 e. The molecule has 10 heteroatoms. The molecule has 0 bridgehead atoms. The van der Waals surface area contributed by atoms with Crippen LogP contribution in [-0.4, -0.2) is 36.9 Å². The van der Waals surface area contributed by atoms with Gasteiger partial charge in [-0.1, -0.05) is 11.6 Å². The highest BCUT2D eigenvalue weighted by Gasteiger charge is 2.27. The first-order valence-electron chi connectivity index (χ1n) is 5.22. The predicted molar refractivity (Wildman–Crippen MR) is 76.1 cm³/mol. The maximum absolute atomic E-state index is 12.3. The summed E-state index contributed by atoms with van der Waals surface area (Å²) in [6.07, 6.45) is 0. The molecule has 0 unspecified atom stereocenters. The monoisotopic (exact) mass is 391 g/mol. The zero-order valence-corrected chi connectivity index (χ0v) is 13.4. The quantitative estimate of drug-likeness (QED) is 0.763. The third kappa shape index (κ3) is 3.71. The van der Waals surface area contributed by atoms with Crippen LogP contribution >= 0.6 is 27.5 Å². The van der Waals surface area contributed by atoms with E-state index in [1.54, 1.807) is 12.1 Å². The summed E-state index contributed by atoms with van der Waals surface area (Å²) in [6.45, 7) is -1.06. The van der Waals surface area contributed by atoms with Crippen LogP contribution in [-0.2, 0) is 10.0 Å². The first-order chi connectivity index (χ1) is 9.75. The van der Waals surface area contributed by atoms with Crippen LogP contribution in [0.5, 0.6) is 0 Å². The molecule has 1 rings (SSSR count). The van der Waals surface area contributed by atoms with E-state index in [9.17, 15) is 13.2 Å². The van der Waals surface area contributed by atoms with Gasteiger partial charge in [-0.25, -0.2) is 13.2 Å². The average Bonchev–Trinajstić information content (AvgIpc) is 2.40. The van der Waals surface area contributed by atoms with E-state index in [0.29, 0.717) is 4.31 Å². The molecule has 0 radical (unpaired) electrons. The van der Waals surface area contributed by atoms with E-state index in [2.05, 4.69) is 15.9 Å². The number of aromatic carboxylic acids is 1. The summed E-state index contributed by atoms with van der Waals surface area (Å²) in [4.78, 5) is 10.7. The van der Waals surface area contributed by atoms with E-state index >= 15 is 0 Å². The van der Waals surface area contributed by atoms with E-state index < -0.39 is 34.6 Å². The fraction of sp³-hybridized carbons (Fsp3) is 0.182. The van der Waals surface area contributed by atoms with Crippen LogP contribution < -0.4 is 0 Å². The van der Waals surface area contributed by atoms with Gasteiger partial charge in [0.1, 0.15) is 13.1 Å². The molecule has 1 aromatic rings. The van der Waals surface area contributed by atoms with Crippen LogP contribution in [0.3, 0.4) is 0 Å². The topological polar surface area (TPSA) is 122 Å². The van der Waals surface area contributed by atoms with Crippen molar-refractivity contribution < 1.29 is 18.3 Å². The van der Waals surface area contributed by atoms with Crippen LogP contribution in [0, 0.1) is 22.7 Å². The predicted octanol–water partition coefficient (Wildman–Crippen LogP) is 1.84. The number of carbonyl (C=O) groups is 1. The Balaban J connectivity index is 3.49. The number of nitrogens with zero attached hydrogens (tertiary/aromatic N) is 3. The lowest BCUT2D eigenvalue weighted by Gasteiger charge is -2.17. The number of hydrogen-bond donors (Lipinski definition) is 1. The van der Waals surface area contributed by atoms with Crippen LogP contribution in [0.2, 0.25) is 5.02 Å². The summed E-state index contributed by atoms with van der Waals surface area (Å²) in [5, 5.41) is 26.1. The van der Waals surface area contributed by atoms with Crippen molar-refractivity contribution in [2.24, 2.45) is 0 Å². The van der Waals surface area contributed by atoms with E-state index in [4.69, 9.17) is 27.2 Å². The summed E-state index contributed by atoms with van der Waals surface area (Å²) in [5.74, 6) is -1.40. The first-order valence-corrected chi connectivity index (χ1v) is 7.83. The fourth-order valence-electron chi connectivity index (χ4n) is 1.40. The van der Waals surface area contributed by atoms with Gasteiger partial charge >= 0.3 is 5.97 Å². The molecule has 0 saturated heterocycles. The number of hydrogen-bond acceptors (Lipinski definition) is 5. The summed E-state index contributed by atoms with van der Waals surface area (Å²) in [6, 6.07) is 5.27. The molecule has 0 heterocycles. The second-order valence-corrected chi connectivity index (χ2v) is 6.83. The maximum Gasteiger partial charge on any atom is 0.337 e. The number of benzene rings is 1. The summed E-state index contributed by atoms with van der Waals surface area (Å²) in [5.41, 5.74) is -0.404. The van der Waals surface area contributed by atoms with E-state index in [0.717, 1.165) is 12.1 Å². The highest BCUT2D eigenvalue weighted by Crippen LogP contribution is 2.31. The van der Waals surface area contributed by atoms with E-state index in [-0.39, 0.29) is 14.4 Å². The first kappa shape index (κ1) is 17.4. The minimum atomic E-state index is -4.18. The lowest BCUT2D eigenvalue weighted by atomic mass is 10.2. The van der Waals surface area contributed by atoms with Crippen molar-refractivity contribution in [1.29, 1.82) is 10.5 Å². The number of rotatable bonds is 5. The number of sulfonamides is 1. The van der Waals surface area contributed by atoms with Crippen molar-refractivity contribution in [1.82, 2.24) is 4.31 Å². The Morgan fingerprint density at radius 2 is 1.86 bits per heavy atom. The lowest BCUT2D eigenvalue weighted by Crippen LogP contribution is -2.32. The molecule has 0 aliphatic heterocycles. The molecular weight excluding hydrogens is 386 g/mol. The minimum absolute atomic E-state index is 0.0801. The fourth-order valence-corrected chi connectivity index (χ4v) is 3.49. The van der Waals surface area contributed by atoms with Crippen LogP contribution in [0.1, 0.15) is 10.4 Å². The molecule has 0 saturated carbocycles. The molecule has 0 atom stereocenters. The zero-order valence-electron chi connectivity index (χ0n) is 10.2. The second kappa shape index (κ2) is 6.87. The Morgan fingerprint density at radius 1 is 1.33 bits per heavy atom. The molecule has 0 fully saturated rings. The molecule has 1 N–H and O–H groups in total. The molecule has 110 valence electrons. The molecule has 1 aromatic carbocycles. The van der Waals surface area contributed by atoms with Crippen molar-refractivity contribution in [3.63, 3.8) is 0 Å². The Labute approximate surface area is 134 Å². The second-order valence-electron chi connectivity index (χ2n) is 3.66. The van der Waals surface area contributed by atoms with Gasteiger partial charge in [0, 0.05) is 4.47 Å². The van der Waals surface area contributed by atoms with Gasteiger partial charge in [0.15, 0.2) is 0 Å². The molecule has 7 nitrogen and oxygen atoms in total. The third-order valence-electron chi connectivity index (χ3n) is 2.36. The van der Waals surface area contributed by atoms with Gasteiger partial charge in [0.2, 0.25) is 10.0 Å². The SMILES string of the molecule is N#CCN(CC#N)S(=O)(=O)c1cc(Br)c(Cl)c(C(=O)O)c1. The number of carboxylic acids is 1. The van der Waals surface area contributed by atoms with Gasteiger partial charge < -0.3 is 5.11 Å². The van der Waals surface area contributed by atoms with Crippen LogP contribution in [0.4, 0.5) is 0 Å². The van der Waals surface area contributed by atoms with Crippen molar-refractivity contribution in [2.75, 3.05) is 13.1 Å². The van der Waals surface area contributed by atoms with Gasteiger partial charge in [0.25, 0.3) is 0 Å². The zero-order chi connectivity index (χ0) is 16.2. The smallest absolute Gasteiger partial charge is 0.337 e. The standard InChI is InChI=1S/C11H7BrClN3O4S/c12-9-6-7(5-8(10(9)13)11(17)18)21(19,20)16(3-1-14)4-2-15/h5-6H,3-4H2,(H,17,18). The normalized spacial score (nSPS) is 10.9. The Kier molecular flexibility index (Phi) is 5.70. The van der Waals surface area contributed by atoms with Gasteiger partial charge in [0.05, 0.1) is 27.6 Å². The average molecular weight is 393 g/mol. The Hall–Kier alpha value is -1.65. The van der Waals surface area contributed by atoms with Crippen molar-refractivity contribution >= 4 is 43.5 Å². The summed E-state index contributed by atoms with van der Waals surface area (Å²) >= 11 is 8.75. The van der Waals surface area contributed by atoms with E-state index in [1.807, 2.05) is 0 Å². The Bertz CT molecular complexity index is 751. The van der Waals surface area contributed by atoms with Crippen molar-refractivity contribution in [3.05, 3.63) is 27.2 Å². The summed E-state index contributed by atoms with van der Waals surface area (Å²) < 4.78 is 25.3. The maximum atomic E-state index is 12.3. The number of halogens is 2. The molecule has 0 aliphatic carbocycles. The van der Waals surface area contributed by atoms with Crippen molar-refractivity contribution in [2.45, 2.75) is 4.90 Å². The summed E-state index contributed by atoms with van der Waals surface area (Å²) in [7, 11) is -4.18. The van der Waals surface area contributed by atoms with Crippen molar-refractivity contribution in [3.8, 4) is 12.1 Å². The highest BCUT2D eigenvalue weighted by atomic mass is 79.9. The molecule has 0 amide bonds. The molecule has 0 aromatic heterocycles. The van der Waals surface area contributed by atoms with Gasteiger partial charge in [-0.05, 0) is 28.1 Å². The number of nitriles is 2. The van der Waals surface area contributed by atoms with Gasteiger partial charge in [-0.2, -0.15) is 14.8 Å². The van der Waals surface area contributed by atoms with Gasteiger partial charge in [-0.15, -0.1) is 0 Å². The number of carboxylic acid groups (broad SMARTS) is 1. The van der Waals surface area contributed by atoms with Gasteiger partial charge in [-0.3, -0.25) is 0 Å². The molecular formula is C11H7BrClN3O4S. The van der Waals surface area contributed by atoms with Crippen LogP contribution in [0.15, 0.2) is 21.5 Å². The molecule has 0 spiro atoms. The molecule has 21 heavy (non-hydrogen) atoms. The Morgan fingerprint density at radius 3 is 2.29 bits per heavy atom. The molecule has 0 aliphatic rings. The minimum Gasteiger partial charge on any atom is -0.478 e.